The Balaban J connectivity index is 1.59. The molecule has 4 nitrogen and oxygen atoms in total. The van der Waals surface area contributed by atoms with E-state index in [2.05, 4.69) is 27.6 Å². The molecule has 0 aliphatic heterocycles. The first-order chi connectivity index (χ1) is 12.1. The van der Waals surface area contributed by atoms with Crippen molar-refractivity contribution < 1.29 is 4.79 Å². The fourth-order valence-corrected chi connectivity index (χ4v) is 2.88. The van der Waals surface area contributed by atoms with Crippen molar-refractivity contribution in [3.05, 3.63) is 76.9 Å². The van der Waals surface area contributed by atoms with Gasteiger partial charge in [0.05, 0.1) is 10.7 Å². The second-order valence-corrected chi connectivity index (χ2v) is 6.45. The van der Waals surface area contributed by atoms with Crippen LogP contribution in [0.4, 0.5) is 0 Å². The molecule has 0 bridgehead atoms. The van der Waals surface area contributed by atoms with Crippen LogP contribution in [0.15, 0.2) is 60.7 Å². The molecule has 1 aromatic heterocycles. The highest BCUT2D eigenvalue weighted by molar-refractivity contribution is 6.33. The number of carbonyl (C=O) groups excluding carboxylic acids is 1. The predicted molar refractivity (Wildman–Crippen MR) is 101 cm³/mol. The first-order valence-electron chi connectivity index (χ1n) is 8.28. The molecule has 1 amide bonds. The van der Waals surface area contributed by atoms with Crippen molar-refractivity contribution in [2.75, 3.05) is 0 Å². The fourth-order valence-electron chi connectivity index (χ4n) is 2.65. The number of H-pyrrole nitrogens is 1. The molecule has 0 radical (unpaired) electrons. The molecule has 0 saturated carbocycles. The Morgan fingerprint density at radius 3 is 2.64 bits per heavy atom. The molecule has 2 N–H and O–H groups in total. The first-order valence-corrected chi connectivity index (χ1v) is 8.66. The molecular weight excluding hydrogens is 334 g/mol. The van der Waals surface area contributed by atoms with E-state index in [9.17, 15) is 4.79 Å². The summed E-state index contributed by atoms with van der Waals surface area (Å²) in [6, 6.07) is 19.5. The summed E-state index contributed by atoms with van der Waals surface area (Å²) in [4.78, 5) is 12.4. The summed E-state index contributed by atoms with van der Waals surface area (Å²) >= 11 is 6.18. The highest BCUT2D eigenvalue weighted by Gasteiger charge is 2.14. The Kier molecular flexibility index (Phi) is 5.51. The van der Waals surface area contributed by atoms with Crippen molar-refractivity contribution >= 4 is 17.5 Å². The average Bonchev–Trinajstić information content (AvgIpc) is 3.11. The SMILES string of the molecule is CC(CCc1ccccc1)NC(=O)c1cc(-c2ccccc2Cl)n[nH]1. The number of nitrogens with zero attached hydrogens (tertiary/aromatic N) is 1. The van der Waals surface area contributed by atoms with Crippen molar-refractivity contribution in [2.45, 2.75) is 25.8 Å². The minimum Gasteiger partial charge on any atom is -0.348 e. The molecule has 0 aliphatic carbocycles. The highest BCUT2D eigenvalue weighted by Crippen LogP contribution is 2.26. The standard InChI is InChI=1S/C20H20ClN3O/c1-14(11-12-15-7-3-2-4-8-15)22-20(25)19-13-18(23-24-19)16-9-5-6-10-17(16)21/h2-10,13-14H,11-12H2,1H3,(H,22,25)(H,23,24). The molecule has 3 aromatic rings. The van der Waals surface area contributed by atoms with Gasteiger partial charge in [0.25, 0.3) is 5.91 Å². The number of halogens is 1. The molecule has 0 fully saturated rings. The molecule has 3 rings (SSSR count). The Morgan fingerprint density at radius 1 is 1.16 bits per heavy atom. The average molecular weight is 354 g/mol. The number of nitrogens with one attached hydrogen (secondary N) is 2. The third-order valence-corrected chi connectivity index (χ3v) is 4.39. The zero-order valence-electron chi connectivity index (χ0n) is 14.0. The first kappa shape index (κ1) is 17.2. The topological polar surface area (TPSA) is 57.8 Å². The van der Waals surface area contributed by atoms with E-state index in [1.807, 2.05) is 43.3 Å². The van der Waals surface area contributed by atoms with Crippen LogP contribution in [-0.4, -0.2) is 22.1 Å². The lowest BCUT2D eigenvalue weighted by Crippen LogP contribution is -2.33. The zero-order chi connectivity index (χ0) is 17.6. The van der Waals surface area contributed by atoms with E-state index in [4.69, 9.17) is 11.6 Å². The molecule has 5 heteroatoms. The quantitative estimate of drug-likeness (QED) is 0.686. The molecule has 0 aliphatic rings. The smallest absolute Gasteiger partial charge is 0.269 e. The van der Waals surface area contributed by atoms with Crippen LogP contribution in [0.3, 0.4) is 0 Å². The van der Waals surface area contributed by atoms with Crippen LogP contribution in [0.5, 0.6) is 0 Å². The Bertz CT molecular complexity index is 845. The van der Waals surface area contributed by atoms with Gasteiger partial charge in [-0.25, -0.2) is 0 Å². The van der Waals surface area contributed by atoms with Crippen molar-refractivity contribution in [3.8, 4) is 11.3 Å². The molecule has 2 aromatic carbocycles. The maximum absolute atomic E-state index is 12.4. The van der Waals surface area contributed by atoms with Gasteiger partial charge in [-0.15, -0.1) is 0 Å². The fraction of sp³-hybridized carbons (Fsp3) is 0.200. The molecule has 0 saturated heterocycles. The van der Waals surface area contributed by atoms with E-state index in [0.29, 0.717) is 16.4 Å². The van der Waals surface area contributed by atoms with Gasteiger partial charge >= 0.3 is 0 Å². The molecule has 0 spiro atoms. The van der Waals surface area contributed by atoms with Crippen LogP contribution in [0, 0.1) is 0 Å². The van der Waals surface area contributed by atoms with E-state index in [0.717, 1.165) is 18.4 Å². The maximum Gasteiger partial charge on any atom is 0.269 e. The number of aromatic nitrogens is 2. The van der Waals surface area contributed by atoms with E-state index in [1.54, 1.807) is 12.1 Å². The lowest BCUT2D eigenvalue weighted by atomic mass is 10.1. The normalized spacial score (nSPS) is 11.9. The summed E-state index contributed by atoms with van der Waals surface area (Å²) in [5.41, 5.74) is 3.16. The summed E-state index contributed by atoms with van der Waals surface area (Å²) in [6.07, 6.45) is 1.80. The van der Waals surface area contributed by atoms with E-state index < -0.39 is 0 Å². The second kappa shape index (κ2) is 7.99. The second-order valence-electron chi connectivity index (χ2n) is 6.05. The molecule has 128 valence electrons. The molecule has 1 atom stereocenters. The van der Waals surface area contributed by atoms with Gasteiger partial charge < -0.3 is 5.32 Å². The van der Waals surface area contributed by atoms with Gasteiger partial charge in [-0.05, 0) is 37.5 Å². The van der Waals surface area contributed by atoms with Gasteiger partial charge in [0.1, 0.15) is 5.69 Å². The maximum atomic E-state index is 12.4. The molecule has 1 unspecified atom stereocenters. The minimum absolute atomic E-state index is 0.0692. The Labute approximate surface area is 152 Å². The summed E-state index contributed by atoms with van der Waals surface area (Å²) in [5.74, 6) is -0.161. The molecule has 1 heterocycles. The van der Waals surface area contributed by atoms with Gasteiger partial charge in [0.15, 0.2) is 0 Å². The van der Waals surface area contributed by atoms with E-state index in [-0.39, 0.29) is 11.9 Å². The van der Waals surface area contributed by atoms with E-state index in [1.165, 1.54) is 5.56 Å². The number of hydrogen-bond acceptors (Lipinski definition) is 2. The van der Waals surface area contributed by atoms with Crippen LogP contribution >= 0.6 is 11.6 Å². The summed E-state index contributed by atoms with van der Waals surface area (Å²) in [5, 5.41) is 10.6. The Hall–Kier alpha value is -2.59. The summed E-state index contributed by atoms with van der Waals surface area (Å²) < 4.78 is 0. The third-order valence-electron chi connectivity index (χ3n) is 4.06. The van der Waals surface area contributed by atoms with Gasteiger partial charge in [-0.3, -0.25) is 9.89 Å². The van der Waals surface area contributed by atoms with Crippen LogP contribution in [0.2, 0.25) is 5.02 Å². The zero-order valence-corrected chi connectivity index (χ0v) is 14.8. The van der Waals surface area contributed by atoms with Crippen LogP contribution in [-0.2, 0) is 6.42 Å². The minimum atomic E-state index is -0.161. The third kappa shape index (κ3) is 4.48. The van der Waals surface area contributed by atoms with E-state index >= 15 is 0 Å². The number of hydrogen-bond donors (Lipinski definition) is 2. The number of rotatable bonds is 6. The van der Waals surface area contributed by atoms with Crippen LogP contribution in [0.1, 0.15) is 29.4 Å². The largest absolute Gasteiger partial charge is 0.348 e. The highest BCUT2D eigenvalue weighted by atomic mass is 35.5. The van der Waals surface area contributed by atoms with Crippen LogP contribution < -0.4 is 5.32 Å². The number of aryl methyl sites for hydroxylation is 1. The van der Waals surface area contributed by atoms with Gasteiger partial charge in [0.2, 0.25) is 0 Å². The summed E-state index contributed by atoms with van der Waals surface area (Å²) in [7, 11) is 0. The summed E-state index contributed by atoms with van der Waals surface area (Å²) in [6.45, 7) is 2.01. The molecular formula is C20H20ClN3O. The van der Waals surface area contributed by atoms with Crippen molar-refractivity contribution in [1.82, 2.24) is 15.5 Å². The number of benzene rings is 2. The lowest BCUT2D eigenvalue weighted by molar-refractivity contribution is 0.0933. The predicted octanol–water partition coefficient (Wildman–Crippen LogP) is 4.48. The van der Waals surface area contributed by atoms with Crippen LogP contribution in [0.25, 0.3) is 11.3 Å². The Morgan fingerprint density at radius 2 is 1.88 bits per heavy atom. The monoisotopic (exact) mass is 353 g/mol. The molecule has 25 heavy (non-hydrogen) atoms. The van der Waals surface area contributed by atoms with Gasteiger partial charge in [0, 0.05) is 11.6 Å². The van der Waals surface area contributed by atoms with Crippen molar-refractivity contribution in [1.29, 1.82) is 0 Å². The van der Waals surface area contributed by atoms with Gasteiger partial charge in [-0.2, -0.15) is 5.10 Å². The number of amides is 1. The van der Waals surface area contributed by atoms with Crippen molar-refractivity contribution in [2.24, 2.45) is 0 Å². The lowest BCUT2D eigenvalue weighted by Gasteiger charge is -2.13. The van der Waals surface area contributed by atoms with Crippen molar-refractivity contribution in [3.63, 3.8) is 0 Å². The van der Waals surface area contributed by atoms with Gasteiger partial charge in [-0.1, -0.05) is 60.1 Å². The number of carbonyl (C=O) groups is 1. The number of aromatic amines is 1.